The van der Waals surface area contributed by atoms with Crippen LogP contribution in [0.3, 0.4) is 0 Å². The lowest BCUT2D eigenvalue weighted by Gasteiger charge is -2.30. The van der Waals surface area contributed by atoms with Gasteiger partial charge >= 0.3 is 0 Å². The van der Waals surface area contributed by atoms with E-state index in [4.69, 9.17) is 8.94 Å². The zero-order valence-corrected chi connectivity index (χ0v) is 15.4. The summed E-state index contributed by atoms with van der Waals surface area (Å²) in [6.45, 7) is 11.1. The van der Waals surface area contributed by atoms with Gasteiger partial charge in [0, 0.05) is 26.2 Å². The van der Waals surface area contributed by atoms with Gasteiger partial charge < -0.3 is 13.8 Å². The highest BCUT2D eigenvalue weighted by Gasteiger charge is 2.33. The Morgan fingerprint density at radius 3 is 2.76 bits per heavy atom. The molecule has 136 valence electrons. The Kier molecular flexibility index (Phi) is 5.22. The van der Waals surface area contributed by atoms with Crippen LogP contribution in [0.15, 0.2) is 21.3 Å². The van der Waals surface area contributed by atoms with Crippen LogP contribution in [-0.4, -0.2) is 52.0 Å². The summed E-state index contributed by atoms with van der Waals surface area (Å²) < 4.78 is 10.8. The number of carbonyl (C=O) groups is 1. The maximum absolute atomic E-state index is 12.9. The third-order valence-electron chi connectivity index (χ3n) is 4.51. The fraction of sp³-hybridized carbons (Fsp3) is 0.611. The maximum Gasteiger partial charge on any atom is 0.257 e. The van der Waals surface area contributed by atoms with Crippen LogP contribution >= 0.6 is 0 Å². The summed E-state index contributed by atoms with van der Waals surface area (Å²) in [5.74, 6) is 2.37. The zero-order chi connectivity index (χ0) is 18.0. The van der Waals surface area contributed by atoms with Crippen molar-refractivity contribution in [2.24, 2.45) is 5.92 Å². The Bertz CT molecular complexity index is 721. The van der Waals surface area contributed by atoms with Gasteiger partial charge in [-0.3, -0.25) is 9.69 Å². The number of hydrogen-bond donors (Lipinski definition) is 0. The smallest absolute Gasteiger partial charge is 0.257 e. The van der Waals surface area contributed by atoms with E-state index in [0.717, 1.165) is 19.5 Å². The van der Waals surface area contributed by atoms with Gasteiger partial charge in [0.1, 0.15) is 11.8 Å². The van der Waals surface area contributed by atoms with Crippen LogP contribution in [0.1, 0.15) is 54.1 Å². The molecule has 3 rings (SSSR count). The molecule has 0 N–H and O–H groups in total. The number of rotatable bonds is 4. The lowest BCUT2D eigenvalue weighted by atomic mass is 10.1. The quantitative estimate of drug-likeness (QED) is 0.847. The first kappa shape index (κ1) is 17.7. The molecule has 0 saturated carbocycles. The van der Waals surface area contributed by atoms with Crippen LogP contribution < -0.4 is 0 Å². The normalized spacial score (nSPS) is 19.4. The fourth-order valence-electron chi connectivity index (χ4n) is 3.37. The Balaban J connectivity index is 1.86. The van der Waals surface area contributed by atoms with Crippen molar-refractivity contribution in [3.8, 4) is 0 Å². The molecule has 25 heavy (non-hydrogen) atoms. The van der Waals surface area contributed by atoms with Crippen molar-refractivity contribution in [1.29, 1.82) is 0 Å². The molecule has 0 aromatic carbocycles. The zero-order valence-electron chi connectivity index (χ0n) is 15.4. The van der Waals surface area contributed by atoms with E-state index in [1.807, 2.05) is 18.7 Å². The maximum atomic E-state index is 12.9. The Labute approximate surface area is 148 Å². The lowest BCUT2D eigenvalue weighted by Crippen LogP contribution is -2.39. The number of carbonyl (C=O) groups excluding carboxylic acids is 1. The fourth-order valence-corrected chi connectivity index (χ4v) is 3.37. The van der Waals surface area contributed by atoms with Gasteiger partial charge in [-0.15, -0.1) is 0 Å². The molecule has 1 atom stereocenters. The van der Waals surface area contributed by atoms with Crippen molar-refractivity contribution in [2.45, 2.75) is 40.2 Å². The number of amides is 1. The SMILES string of the molecule is Cc1noc(C2CN(C(=O)c3ccoc3C)CCCN2CC(C)C)n1. The summed E-state index contributed by atoms with van der Waals surface area (Å²) in [5.41, 5.74) is 0.623. The summed E-state index contributed by atoms with van der Waals surface area (Å²) >= 11 is 0. The van der Waals surface area contributed by atoms with E-state index >= 15 is 0 Å². The van der Waals surface area contributed by atoms with Gasteiger partial charge in [-0.05, 0) is 32.3 Å². The standard InChI is InChI=1S/C18H26N4O3/c1-12(2)10-21-7-5-8-22(18(23)15-6-9-24-13(15)3)11-16(21)17-19-14(4)20-25-17/h6,9,12,16H,5,7-8,10-11H2,1-4H3. The molecule has 1 unspecified atom stereocenters. The van der Waals surface area contributed by atoms with Crippen molar-refractivity contribution < 1.29 is 13.7 Å². The molecule has 1 aliphatic rings. The minimum atomic E-state index is -0.0812. The predicted octanol–water partition coefficient (Wildman–Crippen LogP) is 2.82. The minimum Gasteiger partial charge on any atom is -0.469 e. The first-order valence-electron chi connectivity index (χ1n) is 8.83. The molecule has 7 nitrogen and oxygen atoms in total. The van der Waals surface area contributed by atoms with Crippen LogP contribution in [0.4, 0.5) is 0 Å². The van der Waals surface area contributed by atoms with Crippen molar-refractivity contribution in [3.05, 3.63) is 35.4 Å². The molecular formula is C18H26N4O3. The van der Waals surface area contributed by atoms with E-state index in [2.05, 4.69) is 28.9 Å². The highest BCUT2D eigenvalue weighted by molar-refractivity contribution is 5.95. The number of nitrogens with zero attached hydrogens (tertiary/aromatic N) is 4. The second-order valence-electron chi connectivity index (χ2n) is 7.08. The summed E-state index contributed by atoms with van der Waals surface area (Å²) in [4.78, 5) is 21.6. The van der Waals surface area contributed by atoms with E-state index < -0.39 is 0 Å². The van der Waals surface area contributed by atoms with Crippen molar-refractivity contribution in [3.63, 3.8) is 0 Å². The molecule has 1 saturated heterocycles. The molecule has 0 spiro atoms. The second-order valence-corrected chi connectivity index (χ2v) is 7.08. The summed E-state index contributed by atoms with van der Waals surface area (Å²) in [6.07, 6.45) is 2.48. The van der Waals surface area contributed by atoms with Crippen LogP contribution in [-0.2, 0) is 0 Å². The van der Waals surface area contributed by atoms with Gasteiger partial charge in [0.2, 0.25) is 5.89 Å². The first-order valence-corrected chi connectivity index (χ1v) is 8.83. The van der Waals surface area contributed by atoms with Crippen molar-refractivity contribution in [1.82, 2.24) is 19.9 Å². The Morgan fingerprint density at radius 1 is 1.36 bits per heavy atom. The molecule has 1 fully saturated rings. The highest BCUT2D eigenvalue weighted by atomic mass is 16.5. The molecule has 0 aliphatic carbocycles. The average Bonchev–Trinajstić information content (AvgIpc) is 3.11. The summed E-state index contributed by atoms with van der Waals surface area (Å²) in [7, 11) is 0. The van der Waals surface area contributed by atoms with Gasteiger partial charge in [-0.2, -0.15) is 4.98 Å². The van der Waals surface area contributed by atoms with E-state index in [1.54, 1.807) is 12.3 Å². The number of aromatic nitrogens is 2. The van der Waals surface area contributed by atoms with E-state index in [0.29, 0.717) is 42.0 Å². The van der Waals surface area contributed by atoms with Gasteiger partial charge in [0.05, 0.1) is 11.8 Å². The predicted molar refractivity (Wildman–Crippen MR) is 92.2 cm³/mol. The second kappa shape index (κ2) is 7.39. The van der Waals surface area contributed by atoms with Crippen molar-refractivity contribution in [2.75, 3.05) is 26.2 Å². The third kappa shape index (κ3) is 3.92. The van der Waals surface area contributed by atoms with E-state index in [9.17, 15) is 4.79 Å². The molecule has 7 heteroatoms. The highest BCUT2D eigenvalue weighted by Crippen LogP contribution is 2.26. The Hall–Kier alpha value is -2.15. The van der Waals surface area contributed by atoms with Crippen LogP contribution in [0.2, 0.25) is 0 Å². The molecule has 2 aromatic rings. The molecule has 0 bridgehead atoms. The van der Waals surface area contributed by atoms with Gasteiger partial charge in [-0.25, -0.2) is 0 Å². The molecule has 2 aromatic heterocycles. The molecule has 1 aliphatic heterocycles. The number of hydrogen-bond acceptors (Lipinski definition) is 6. The summed E-state index contributed by atoms with van der Waals surface area (Å²) in [5, 5.41) is 3.94. The molecule has 0 radical (unpaired) electrons. The largest absolute Gasteiger partial charge is 0.469 e. The van der Waals surface area contributed by atoms with E-state index in [-0.39, 0.29) is 11.9 Å². The molecule has 3 heterocycles. The van der Waals surface area contributed by atoms with Gasteiger partial charge in [-0.1, -0.05) is 19.0 Å². The Morgan fingerprint density at radius 2 is 2.16 bits per heavy atom. The van der Waals surface area contributed by atoms with Crippen LogP contribution in [0.25, 0.3) is 0 Å². The minimum absolute atomic E-state index is 0.00103. The van der Waals surface area contributed by atoms with Crippen molar-refractivity contribution >= 4 is 5.91 Å². The van der Waals surface area contributed by atoms with Gasteiger partial charge in [0.25, 0.3) is 5.91 Å². The average molecular weight is 346 g/mol. The molecule has 1 amide bonds. The van der Waals surface area contributed by atoms with Gasteiger partial charge in [0.15, 0.2) is 5.82 Å². The number of aryl methyl sites for hydroxylation is 2. The number of furan rings is 1. The van der Waals surface area contributed by atoms with E-state index in [1.165, 1.54) is 0 Å². The van der Waals surface area contributed by atoms with Crippen LogP contribution in [0, 0.1) is 19.8 Å². The lowest BCUT2D eigenvalue weighted by molar-refractivity contribution is 0.0707. The monoisotopic (exact) mass is 346 g/mol. The third-order valence-corrected chi connectivity index (χ3v) is 4.51. The molecular weight excluding hydrogens is 320 g/mol. The summed E-state index contributed by atoms with van der Waals surface area (Å²) in [6, 6.07) is 1.66. The first-order chi connectivity index (χ1) is 12.0. The van der Waals surface area contributed by atoms with Crippen LogP contribution in [0.5, 0.6) is 0 Å². The topological polar surface area (TPSA) is 75.6 Å².